The molecule has 1 atom stereocenters. The number of carboxylic acids is 2. The Morgan fingerprint density at radius 1 is 1.02 bits per heavy atom. The summed E-state index contributed by atoms with van der Waals surface area (Å²) in [5.41, 5.74) is 4.72. The number of carbonyl (C=O) groups is 2. The first-order valence-corrected chi connectivity index (χ1v) is 15.6. The minimum absolute atomic E-state index is 0.127. The smallest absolute Gasteiger partial charge is 0.490 e. The van der Waals surface area contributed by atoms with Crippen LogP contribution in [0.4, 0.5) is 22.0 Å². The Kier molecular flexibility index (Phi) is 11.2. The van der Waals surface area contributed by atoms with E-state index in [1.807, 2.05) is 5.38 Å². The predicted octanol–water partition coefficient (Wildman–Crippen LogP) is 7.33. The molecule has 1 fully saturated rings. The number of aryl methyl sites for hydroxylation is 4. The Bertz CT molecular complexity index is 1490. The molecule has 7 nitrogen and oxygen atoms in total. The van der Waals surface area contributed by atoms with Gasteiger partial charge >= 0.3 is 18.1 Å². The summed E-state index contributed by atoms with van der Waals surface area (Å²) in [5, 5.41) is 19.8. The third-order valence-electron chi connectivity index (χ3n) is 8.23. The number of hydrogen-bond acceptors (Lipinski definition) is 6. The van der Waals surface area contributed by atoms with Crippen LogP contribution in [-0.4, -0.2) is 51.8 Å². The normalized spacial score (nSPS) is 15.9. The molecule has 0 aliphatic heterocycles. The molecule has 0 amide bonds. The number of alkyl halides is 5. The van der Waals surface area contributed by atoms with Crippen molar-refractivity contribution in [2.75, 3.05) is 7.11 Å². The minimum atomic E-state index is -5.08. The van der Waals surface area contributed by atoms with Gasteiger partial charge in [-0.05, 0) is 93.0 Å². The van der Waals surface area contributed by atoms with Gasteiger partial charge in [-0.3, -0.25) is 9.78 Å². The van der Waals surface area contributed by atoms with Crippen LogP contribution in [0.1, 0.15) is 83.2 Å². The molecule has 5 rings (SSSR count). The van der Waals surface area contributed by atoms with Gasteiger partial charge < -0.3 is 14.9 Å². The van der Waals surface area contributed by atoms with Crippen LogP contribution in [0.25, 0.3) is 0 Å². The SMILES string of the molecule is COc1ccc(C2(C(F)F)CC2)cc1C(CC(=O)O)Cc1csc(CCCc2ccc3c(n2)CCCC3)n1.O=C(O)C(F)(F)F. The molecular formula is C32H35F5N2O5S. The van der Waals surface area contributed by atoms with Gasteiger partial charge in [-0.15, -0.1) is 11.3 Å². The van der Waals surface area contributed by atoms with Crippen molar-refractivity contribution in [3.8, 4) is 5.75 Å². The fraction of sp³-hybridized carbons (Fsp3) is 0.500. The number of halogens is 5. The predicted molar refractivity (Wildman–Crippen MR) is 157 cm³/mol. The van der Waals surface area contributed by atoms with Crippen molar-refractivity contribution in [2.45, 2.75) is 94.6 Å². The van der Waals surface area contributed by atoms with Crippen molar-refractivity contribution in [2.24, 2.45) is 0 Å². The fourth-order valence-electron chi connectivity index (χ4n) is 5.63. The summed E-state index contributed by atoms with van der Waals surface area (Å²) in [6.45, 7) is 0. The van der Waals surface area contributed by atoms with E-state index < -0.39 is 35.9 Å². The van der Waals surface area contributed by atoms with E-state index in [-0.39, 0.29) is 6.42 Å². The summed E-state index contributed by atoms with van der Waals surface area (Å²) in [5.74, 6) is -3.60. The Hall–Kier alpha value is -3.61. The summed E-state index contributed by atoms with van der Waals surface area (Å²) < 4.78 is 64.8. The Balaban J connectivity index is 0.000000591. The number of benzene rings is 1. The number of methoxy groups -OCH3 is 1. The molecule has 1 saturated carbocycles. The van der Waals surface area contributed by atoms with Gasteiger partial charge in [0, 0.05) is 22.7 Å². The van der Waals surface area contributed by atoms with Gasteiger partial charge in [0.2, 0.25) is 6.43 Å². The molecule has 1 unspecified atom stereocenters. The summed E-state index contributed by atoms with van der Waals surface area (Å²) >= 11 is 1.59. The molecule has 0 saturated heterocycles. The van der Waals surface area contributed by atoms with E-state index in [2.05, 4.69) is 12.1 Å². The zero-order valence-electron chi connectivity index (χ0n) is 24.7. The van der Waals surface area contributed by atoms with Crippen molar-refractivity contribution in [1.82, 2.24) is 9.97 Å². The van der Waals surface area contributed by atoms with Gasteiger partial charge in [-0.2, -0.15) is 13.2 Å². The second kappa shape index (κ2) is 14.7. The van der Waals surface area contributed by atoms with Crippen LogP contribution < -0.4 is 4.74 Å². The highest BCUT2D eigenvalue weighted by Gasteiger charge is 2.52. The zero-order chi connectivity index (χ0) is 32.8. The Morgan fingerprint density at radius 2 is 1.73 bits per heavy atom. The van der Waals surface area contributed by atoms with Crippen molar-refractivity contribution in [3.05, 3.63) is 74.5 Å². The van der Waals surface area contributed by atoms with Crippen molar-refractivity contribution in [1.29, 1.82) is 0 Å². The first-order valence-electron chi connectivity index (χ1n) is 14.7. The molecule has 2 heterocycles. The molecule has 1 aromatic carbocycles. The van der Waals surface area contributed by atoms with Gasteiger partial charge in [-0.1, -0.05) is 18.2 Å². The highest BCUT2D eigenvalue weighted by molar-refractivity contribution is 7.09. The lowest BCUT2D eigenvalue weighted by atomic mass is 9.86. The van der Waals surface area contributed by atoms with E-state index >= 15 is 0 Å². The largest absolute Gasteiger partial charge is 0.496 e. The summed E-state index contributed by atoms with van der Waals surface area (Å²) in [6, 6.07) is 9.51. The molecule has 2 N–H and O–H groups in total. The van der Waals surface area contributed by atoms with Crippen LogP contribution in [-0.2, 0) is 47.1 Å². The van der Waals surface area contributed by atoms with E-state index in [4.69, 9.17) is 24.6 Å². The molecule has 3 aromatic rings. The highest BCUT2D eigenvalue weighted by atomic mass is 32.1. The number of thiazole rings is 1. The maximum absolute atomic E-state index is 13.8. The third kappa shape index (κ3) is 8.99. The highest BCUT2D eigenvalue weighted by Crippen LogP contribution is 2.53. The first-order chi connectivity index (χ1) is 21.3. The second-order valence-electron chi connectivity index (χ2n) is 11.4. The van der Waals surface area contributed by atoms with E-state index in [1.165, 1.54) is 31.2 Å². The zero-order valence-corrected chi connectivity index (χ0v) is 25.5. The monoisotopic (exact) mass is 654 g/mol. The van der Waals surface area contributed by atoms with Crippen molar-refractivity contribution in [3.63, 3.8) is 0 Å². The number of ether oxygens (including phenoxy) is 1. The third-order valence-corrected chi connectivity index (χ3v) is 9.19. The Morgan fingerprint density at radius 3 is 2.36 bits per heavy atom. The van der Waals surface area contributed by atoms with Gasteiger partial charge in [-0.25, -0.2) is 18.6 Å². The Labute approximate surface area is 261 Å². The van der Waals surface area contributed by atoms with Gasteiger partial charge in [0.15, 0.2) is 0 Å². The molecule has 45 heavy (non-hydrogen) atoms. The average molecular weight is 655 g/mol. The van der Waals surface area contributed by atoms with Gasteiger partial charge in [0.05, 0.1) is 29.6 Å². The number of aromatic nitrogens is 2. The number of aliphatic carboxylic acids is 2. The molecule has 13 heteroatoms. The minimum Gasteiger partial charge on any atom is -0.496 e. The summed E-state index contributed by atoms with van der Waals surface area (Å²) in [7, 11) is 1.52. The second-order valence-corrected chi connectivity index (χ2v) is 12.4. The van der Waals surface area contributed by atoms with Gasteiger partial charge in [0.25, 0.3) is 0 Å². The summed E-state index contributed by atoms with van der Waals surface area (Å²) in [6.07, 6.45) is 1.01. The molecule has 2 aromatic heterocycles. The van der Waals surface area contributed by atoms with Crippen LogP contribution >= 0.6 is 11.3 Å². The lowest BCUT2D eigenvalue weighted by molar-refractivity contribution is -0.192. The van der Waals surface area contributed by atoms with Crippen molar-refractivity contribution >= 4 is 23.3 Å². The van der Waals surface area contributed by atoms with Crippen molar-refractivity contribution < 1.29 is 46.5 Å². The van der Waals surface area contributed by atoms with E-state index in [0.29, 0.717) is 36.1 Å². The lowest BCUT2D eigenvalue weighted by Gasteiger charge is -2.22. The molecule has 244 valence electrons. The number of rotatable bonds is 12. The van der Waals surface area contributed by atoms with Crippen LogP contribution in [0.2, 0.25) is 0 Å². The molecule has 0 spiro atoms. The maximum Gasteiger partial charge on any atom is 0.490 e. The van der Waals surface area contributed by atoms with Gasteiger partial charge in [0.1, 0.15) is 5.75 Å². The topological polar surface area (TPSA) is 110 Å². The molecular weight excluding hydrogens is 619 g/mol. The summed E-state index contributed by atoms with van der Waals surface area (Å²) in [4.78, 5) is 30.3. The van der Waals surface area contributed by atoms with Crippen LogP contribution in [0.5, 0.6) is 5.75 Å². The standard InChI is InChI=1S/C30H34F2N2O3S.C2HF3O2/c1-37-26-12-10-21(30(13-14-30)29(31)32)17-24(26)20(16-28(35)36)15-23-18-38-27(34-23)8-4-6-22-11-9-19-5-2-3-7-25(19)33-22;3-2(4,5)1(6)7/h9-12,17-18,20,29H,2-8,13-16H2,1H3,(H,35,36);(H,6,7). The average Bonchev–Trinajstić information content (AvgIpc) is 3.70. The lowest BCUT2D eigenvalue weighted by Crippen LogP contribution is -2.21. The molecule has 0 radical (unpaired) electrons. The first kappa shape index (κ1) is 34.3. The number of nitrogens with zero attached hydrogens (tertiary/aromatic N) is 2. The van der Waals surface area contributed by atoms with E-state index in [9.17, 15) is 31.9 Å². The number of fused-ring (bicyclic) bond motifs is 1. The molecule has 2 aliphatic carbocycles. The molecule has 2 aliphatic rings. The van der Waals surface area contributed by atoms with E-state index in [1.54, 1.807) is 29.5 Å². The number of carboxylic acid groups (broad SMARTS) is 2. The van der Waals surface area contributed by atoms with E-state index in [0.717, 1.165) is 48.5 Å². The maximum atomic E-state index is 13.8. The van der Waals surface area contributed by atoms with Crippen LogP contribution in [0.15, 0.2) is 35.7 Å². The quantitative estimate of drug-likeness (QED) is 0.197. The fourth-order valence-corrected chi connectivity index (χ4v) is 6.48. The van der Waals surface area contributed by atoms with Crippen LogP contribution in [0.3, 0.4) is 0 Å². The number of hydrogen-bond donors (Lipinski definition) is 2. The molecule has 0 bridgehead atoms. The number of pyridine rings is 1. The van der Waals surface area contributed by atoms with Crippen LogP contribution in [0, 0.1) is 0 Å².